The van der Waals surface area contributed by atoms with E-state index in [1.807, 2.05) is 18.2 Å². The lowest BCUT2D eigenvalue weighted by atomic mass is 10.1. The van der Waals surface area contributed by atoms with E-state index in [0.717, 1.165) is 4.90 Å². The van der Waals surface area contributed by atoms with Gasteiger partial charge in [0.05, 0.1) is 17.9 Å². The smallest absolute Gasteiger partial charge is 0.272 e. The van der Waals surface area contributed by atoms with Crippen LogP contribution in [0.3, 0.4) is 0 Å². The van der Waals surface area contributed by atoms with Gasteiger partial charge in [0.2, 0.25) is 5.91 Å². The number of amides is 3. The van der Waals surface area contributed by atoms with Crippen LogP contribution in [0.5, 0.6) is 5.75 Å². The molecule has 1 heterocycles. The van der Waals surface area contributed by atoms with Crippen molar-refractivity contribution >= 4 is 58.7 Å². The Morgan fingerprint density at radius 1 is 0.925 bits per heavy atom. The largest absolute Gasteiger partial charge is 0.496 e. The number of ether oxygens (including phenoxy) is 1. The maximum atomic E-state index is 13.4. The molecule has 8 nitrogen and oxygen atoms in total. The molecule has 0 fully saturated rings. The lowest BCUT2D eigenvalue weighted by Crippen LogP contribution is -2.30. The molecule has 3 N–H and O–H groups in total. The van der Waals surface area contributed by atoms with E-state index in [4.69, 9.17) is 16.3 Å². The highest BCUT2D eigenvalue weighted by Gasteiger charge is 2.16. The maximum Gasteiger partial charge on any atom is 0.272 e. The van der Waals surface area contributed by atoms with Crippen molar-refractivity contribution in [3.63, 3.8) is 0 Å². The number of benzene rings is 3. The number of rotatable bonds is 10. The van der Waals surface area contributed by atoms with Crippen LogP contribution in [-0.2, 0) is 9.59 Å². The number of pyridine rings is 1. The molecule has 4 rings (SSSR count). The number of aromatic nitrogens is 1. The molecule has 4 aromatic rings. The quantitative estimate of drug-likeness (QED) is 0.162. The Hall–Kier alpha value is -4.60. The van der Waals surface area contributed by atoms with Gasteiger partial charge in [-0.25, -0.2) is 4.98 Å². The van der Waals surface area contributed by atoms with Gasteiger partial charge in [0.25, 0.3) is 11.8 Å². The molecular formula is C30H25ClN4O4S. The van der Waals surface area contributed by atoms with Crippen LogP contribution >= 0.6 is 23.4 Å². The van der Waals surface area contributed by atoms with Crippen molar-refractivity contribution < 1.29 is 19.1 Å². The van der Waals surface area contributed by atoms with Crippen LogP contribution in [0.25, 0.3) is 6.08 Å². The van der Waals surface area contributed by atoms with E-state index in [1.165, 1.54) is 25.1 Å². The molecule has 3 aromatic carbocycles. The van der Waals surface area contributed by atoms with Crippen LogP contribution in [0, 0.1) is 0 Å². The standard InChI is InChI=1S/C30H25ClN4O4S/c1-39-26-13-6-5-10-21(26)16-25(34-29(37)20-8-3-2-4-9-20)30(38)33-23-11-7-12-24(17-23)40-19-28(36)35-27-15-14-22(31)18-32-27/h2-18H,19H2,1H3,(H,33,38)(H,34,37)(H,32,35,36)/b25-16+. The highest BCUT2D eigenvalue weighted by Crippen LogP contribution is 2.24. The van der Waals surface area contributed by atoms with Crippen LogP contribution in [0.1, 0.15) is 15.9 Å². The second-order valence-electron chi connectivity index (χ2n) is 8.30. The highest BCUT2D eigenvalue weighted by molar-refractivity contribution is 8.00. The fourth-order valence-corrected chi connectivity index (χ4v) is 4.39. The average molecular weight is 573 g/mol. The van der Waals surface area contributed by atoms with Crippen molar-refractivity contribution in [3.05, 3.63) is 119 Å². The molecule has 3 amide bonds. The summed E-state index contributed by atoms with van der Waals surface area (Å²) >= 11 is 7.13. The van der Waals surface area contributed by atoms with Gasteiger partial charge in [-0.1, -0.05) is 54.1 Å². The molecule has 10 heteroatoms. The first-order valence-corrected chi connectivity index (χ1v) is 13.4. The topological polar surface area (TPSA) is 109 Å². The summed E-state index contributed by atoms with van der Waals surface area (Å²) in [6, 6.07) is 26.1. The minimum atomic E-state index is -0.524. The maximum absolute atomic E-state index is 13.4. The number of anilines is 2. The Bertz CT molecular complexity index is 1530. The second kappa shape index (κ2) is 14.0. The first-order chi connectivity index (χ1) is 19.4. The molecule has 0 aliphatic rings. The summed E-state index contributed by atoms with van der Waals surface area (Å²) in [6.45, 7) is 0. The summed E-state index contributed by atoms with van der Waals surface area (Å²) in [5.41, 5.74) is 1.56. The number of hydrogen-bond acceptors (Lipinski definition) is 6. The number of nitrogens with one attached hydrogen (secondary N) is 3. The molecule has 0 spiro atoms. The minimum absolute atomic E-state index is 0.0336. The molecule has 1 aromatic heterocycles. The fourth-order valence-electron chi connectivity index (χ4n) is 3.52. The van der Waals surface area contributed by atoms with Crippen LogP contribution in [-0.4, -0.2) is 35.6 Å². The number of hydrogen-bond donors (Lipinski definition) is 3. The number of carbonyl (C=O) groups excluding carboxylic acids is 3. The van der Waals surface area contributed by atoms with Gasteiger partial charge in [-0.3, -0.25) is 14.4 Å². The minimum Gasteiger partial charge on any atom is -0.496 e. The van der Waals surface area contributed by atoms with Crippen molar-refractivity contribution in [2.24, 2.45) is 0 Å². The third-order valence-corrected chi connectivity index (χ3v) is 6.64. The number of halogens is 1. The van der Waals surface area contributed by atoms with Gasteiger partial charge in [0.1, 0.15) is 17.3 Å². The van der Waals surface area contributed by atoms with Crippen molar-refractivity contribution in [3.8, 4) is 5.75 Å². The zero-order chi connectivity index (χ0) is 28.3. The molecule has 40 heavy (non-hydrogen) atoms. The molecule has 0 bridgehead atoms. The Labute approximate surface area is 240 Å². The first-order valence-electron chi connectivity index (χ1n) is 12.1. The van der Waals surface area contributed by atoms with Crippen LogP contribution in [0.4, 0.5) is 11.5 Å². The van der Waals surface area contributed by atoms with E-state index >= 15 is 0 Å². The van der Waals surface area contributed by atoms with Gasteiger partial charge in [-0.05, 0) is 54.6 Å². The Balaban J connectivity index is 1.47. The summed E-state index contributed by atoms with van der Waals surface area (Å²) in [4.78, 5) is 43.4. The van der Waals surface area contributed by atoms with E-state index in [9.17, 15) is 14.4 Å². The zero-order valence-electron chi connectivity index (χ0n) is 21.4. The van der Waals surface area contributed by atoms with E-state index in [-0.39, 0.29) is 17.4 Å². The van der Waals surface area contributed by atoms with Crippen molar-refractivity contribution in [1.29, 1.82) is 0 Å². The van der Waals surface area contributed by atoms with Gasteiger partial charge < -0.3 is 20.7 Å². The van der Waals surface area contributed by atoms with E-state index in [0.29, 0.717) is 33.4 Å². The Kier molecular flexibility index (Phi) is 9.93. The van der Waals surface area contributed by atoms with Gasteiger partial charge >= 0.3 is 0 Å². The normalized spacial score (nSPS) is 10.9. The molecule has 0 aliphatic carbocycles. The van der Waals surface area contributed by atoms with E-state index < -0.39 is 11.8 Å². The Morgan fingerprint density at radius 3 is 2.45 bits per heavy atom. The van der Waals surface area contributed by atoms with E-state index in [2.05, 4.69) is 20.9 Å². The summed E-state index contributed by atoms with van der Waals surface area (Å²) < 4.78 is 5.40. The van der Waals surface area contributed by atoms with Crippen LogP contribution in [0.2, 0.25) is 5.02 Å². The first kappa shape index (κ1) is 28.4. The summed E-state index contributed by atoms with van der Waals surface area (Å²) in [5.74, 6) is -0.102. The monoisotopic (exact) mass is 572 g/mol. The number of methoxy groups -OCH3 is 1. The van der Waals surface area contributed by atoms with Crippen molar-refractivity contribution in [1.82, 2.24) is 10.3 Å². The van der Waals surface area contributed by atoms with E-state index in [1.54, 1.807) is 78.9 Å². The molecule has 0 unspecified atom stereocenters. The van der Waals surface area contributed by atoms with Crippen molar-refractivity contribution in [2.45, 2.75) is 4.90 Å². The summed E-state index contributed by atoms with van der Waals surface area (Å²) in [7, 11) is 1.53. The zero-order valence-corrected chi connectivity index (χ0v) is 23.0. The van der Waals surface area contributed by atoms with Gasteiger partial charge in [-0.15, -0.1) is 11.8 Å². The van der Waals surface area contributed by atoms with Crippen molar-refractivity contribution in [2.75, 3.05) is 23.5 Å². The Morgan fingerprint density at radius 2 is 1.70 bits per heavy atom. The highest BCUT2D eigenvalue weighted by atomic mass is 35.5. The third-order valence-electron chi connectivity index (χ3n) is 5.42. The third kappa shape index (κ3) is 8.20. The van der Waals surface area contributed by atoms with Gasteiger partial charge in [0.15, 0.2) is 0 Å². The number of carbonyl (C=O) groups is 3. The second-order valence-corrected chi connectivity index (χ2v) is 9.79. The van der Waals surface area contributed by atoms with Gasteiger partial charge in [-0.2, -0.15) is 0 Å². The number of thioether (sulfide) groups is 1. The lowest BCUT2D eigenvalue weighted by Gasteiger charge is -2.13. The van der Waals surface area contributed by atoms with Gasteiger partial charge in [0, 0.05) is 27.9 Å². The summed E-state index contributed by atoms with van der Waals surface area (Å²) in [6.07, 6.45) is 3.01. The van der Waals surface area contributed by atoms with Crippen LogP contribution in [0.15, 0.2) is 108 Å². The predicted octanol–water partition coefficient (Wildman–Crippen LogP) is 5.88. The summed E-state index contributed by atoms with van der Waals surface area (Å²) in [5, 5.41) is 8.73. The molecule has 0 atom stereocenters. The lowest BCUT2D eigenvalue weighted by molar-refractivity contribution is -0.114. The molecule has 0 saturated carbocycles. The molecule has 0 aliphatic heterocycles. The SMILES string of the molecule is COc1ccccc1/C=C(/NC(=O)c1ccccc1)C(=O)Nc1cccc(SCC(=O)Nc2ccc(Cl)cn2)c1. The fraction of sp³-hybridized carbons (Fsp3) is 0.0667. The molecule has 0 radical (unpaired) electrons. The average Bonchev–Trinajstić information content (AvgIpc) is 2.98. The van der Waals surface area contributed by atoms with Crippen LogP contribution < -0.4 is 20.7 Å². The number of nitrogens with zero attached hydrogens (tertiary/aromatic N) is 1. The molecule has 0 saturated heterocycles. The molecular weight excluding hydrogens is 548 g/mol. The molecule has 202 valence electrons. The predicted molar refractivity (Wildman–Crippen MR) is 159 cm³/mol. The number of para-hydroxylation sites is 1.